The average molecular weight is 414 g/mol. The average Bonchev–Trinajstić information content (AvgIpc) is 3.26. The Morgan fingerprint density at radius 3 is 2.50 bits per heavy atom. The van der Waals surface area contributed by atoms with Crippen molar-refractivity contribution in [2.24, 2.45) is 0 Å². The number of carbonyl (C=O) groups is 2. The maximum absolute atomic E-state index is 12.3. The van der Waals surface area contributed by atoms with Crippen LogP contribution in [0.25, 0.3) is 0 Å². The van der Waals surface area contributed by atoms with Crippen molar-refractivity contribution in [2.45, 2.75) is 32.0 Å². The second-order valence-electron chi connectivity index (χ2n) is 6.81. The van der Waals surface area contributed by atoms with E-state index in [1.165, 1.54) is 31.2 Å². The Hall–Kier alpha value is -3.46. The highest BCUT2D eigenvalue weighted by atomic mass is 16.6. The number of carbonyl (C=O) groups excluding carboxylic acids is 2. The van der Waals surface area contributed by atoms with Crippen molar-refractivity contribution in [1.82, 2.24) is 0 Å². The number of nitro benzene ring substituents is 1. The van der Waals surface area contributed by atoms with E-state index in [1.54, 1.807) is 24.3 Å². The molecule has 9 nitrogen and oxygen atoms in total. The van der Waals surface area contributed by atoms with Crippen molar-refractivity contribution in [1.29, 1.82) is 0 Å². The van der Waals surface area contributed by atoms with E-state index in [0.717, 1.165) is 19.4 Å². The van der Waals surface area contributed by atoms with Crippen LogP contribution in [0.1, 0.15) is 30.1 Å². The van der Waals surface area contributed by atoms with E-state index >= 15 is 0 Å². The Labute approximate surface area is 173 Å². The first kappa shape index (κ1) is 21.3. The van der Waals surface area contributed by atoms with Gasteiger partial charge in [-0.15, -0.1) is 0 Å². The molecule has 1 aliphatic heterocycles. The van der Waals surface area contributed by atoms with E-state index < -0.39 is 22.9 Å². The highest BCUT2D eigenvalue weighted by molar-refractivity contribution is 5.97. The van der Waals surface area contributed by atoms with E-state index in [4.69, 9.17) is 14.2 Å². The number of ether oxygens (including phenoxy) is 3. The lowest BCUT2D eigenvalue weighted by Gasteiger charge is -2.14. The fourth-order valence-electron chi connectivity index (χ4n) is 2.84. The molecule has 2 atom stereocenters. The summed E-state index contributed by atoms with van der Waals surface area (Å²) in [5, 5.41) is 13.2. The number of esters is 1. The monoisotopic (exact) mass is 414 g/mol. The van der Waals surface area contributed by atoms with E-state index in [9.17, 15) is 19.7 Å². The third-order valence-corrected chi connectivity index (χ3v) is 4.55. The Morgan fingerprint density at radius 2 is 1.90 bits per heavy atom. The Morgan fingerprint density at radius 1 is 1.20 bits per heavy atom. The number of anilines is 1. The number of hydrogen-bond acceptors (Lipinski definition) is 7. The van der Waals surface area contributed by atoms with Crippen molar-refractivity contribution in [3.05, 3.63) is 64.2 Å². The molecule has 158 valence electrons. The van der Waals surface area contributed by atoms with Gasteiger partial charge in [0.25, 0.3) is 11.6 Å². The normalized spacial score (nSPS) is 16.5. The molecule has 30 heavy (non-hydrogen) atoms. The third-order valence-electron chi connectivity index (χ3n) is 4.55. The highest BCUT2D eigenvalue weighted by Gasteiger charge is 2.20. The Bertz CT molecular complexity index is 891. The molecule has 0 aliphatic carbocycles. The van der Waals surface area contributed by atoms with Crippen LogP contribution in [0.2, 0.25) is 0 Å². The number of nitro groups is 1. The van der Waals surface area contributed by atoms with Gasteiger partial charge in [-0.25, -0.2) is 4.79 Å². The number of rotatable bonds is 8. The number of nitrogens with zero attached hydrogens (tertiary/aromatic N) is 1. The van der Waals surface area contributed by atoms with Crippen LogP contribution in [0.15, 0.2) is 48.5 Å². The number of non-ortho nitro benzene ring substituents is 1. The molecule has 0 spiro atoms. The summed E-state index contributed by atoms with van der Waals surface area (Å²) in [5.74, 6) is -0.577. The largest absolute Gasteiger partial charge is 0.491 e. The van der Waals surface area contributed by atoms with Gasteiger partial charge in [-0.1, -0.05) is 0 Å². The molecule has 3 rings (SSSR count). The van der Waals surface area contributed by atoms with Crippen molar-refractivity contribution in [2.75, 3.05) is 18.5 Å². The first-order valence-corrected chi connectivity index (χ1v) is 9.53. The van der Waals surface area contributed by atoms with Crippen molar-refractivity contribution >= 4 is 23.3 Å². The van der Waals surface area contributed by atoms with Gasteiger partial charge < -0.3 is 19.5 Å². The lowest BCUT2D eigenvalue weighted by atomic mass is 10.2. The molecule has 2 aromatic rings. The number of hydrogen-bond donors (Lipinski definition) is 1. The minimum atomic E-state index is -1.05. The molecular weight excluding hydrogens is 392 g/mol. The van der Waals surface area contributed by atoms with Crippen LogP contribution < -0.4 is 10.1 Å². The predicted molar refractivity (Wildman–Crippen MR) is 108 cm³/mol. The maximum Gasteiger partial charge on any atom is 0.338 e. The molecule has 1 fully saturated rings. The molecule has 1 heterocycles. The quantitative estimate of drug-likeness (QED) is 0.400. The van der Waals surface area contributed by atoms with Gasteiger partial charge >= 0.3 is 5.97 Å². The fourth-order valence-corrected chi connectivity index (χ4v) is 2.84. The van der Waals surface area contributed by atoms with Crippen LogP contribution in [0.5, 0.6) is 5.75 Å². The minimum absolute atomic E-state index is 0.0873. The maximum atomic E-state index is 12.3. The first-order chi connectivity index (χ1) is 14.4. The molecule has 1 N–H and O–H groups in total. The lowest BCUT2D eigenvalue weighted by Crippen LogP contribution is -2.30. The molecule has 1 aliphatic rings. The standard InChI is InChI=1S/C21H22N2O7/c1-14(20(24)22-16-6-8-17(9-7-16)23(26)27)30-21(25)15-4-10-18(11-5-15)29-13-19-3-2-12-28-19/h4-11,14,19H,2-3,12-13H2,1H3,(H,22,24). The summed E-state index contributed by atoms with van der Waals surface area (Å²) in [5.41, 5.74) is 0.561. The van der Waals surface area contributed by atoms with Gasteiger partial charge in [-0.3, -0.25) is 14.9 Å². The van der Waals surface area contributed by atoms with Gasteiger partial charge in [0.15, 0.2) is 6.10 Å². The van der Waals surface area contributed by atoms with Crippen molar-refractivity contribution in [3.8, 4) is 5.75 Å². The topological polar surface area (TPSA) is 117 Å². The number of amides is 1. The summed E-state index contributed by atoms with van der Waals surface area (Å²) in [6, 6.07) is 11.8. The molecule has 0 saturated carbocycles. The fraction of sp³-hybridized carbons (Fsp3) is 0.333. The van der Waals surface area contributed by atoms with Crippen molar-refractivity contribution in [3.63, 3.8) is 0 Å². The molecule has 1 amide bonds. The molecule has 1 saturated heterocycles. The van der Waals surface area contributed by atoms with Gasteiger partial charge in [0, 0.05) is 24.4 Å². The molecule has 0 aromatic heterocycles. The van der Waals surface area contributed by atoms with Crippen molar-refractivity contribution < 1.29 is 28.7 Å². The van der Waals surface area contributed by atoms with Gasteiger partial charge in [-0.2, -0.15) is 0 Å². The van der Waals surface area contributed by atoms with E-state index in [1.807, 2.05) is 0 Å². The van der Waals surface area contributed by atoms with Gasteiger partial charge in [0.05, 0.1) is 16.6 Å². The first-order valence-electron chi connectivity index (χ1n) is 9.53. The smallest absolute Gasteiger partial charge is 0.338 e. The summed E-state index contributed by atoms with van der Waals surface area (Å²) >= 11 is 0. The zero-order valence-electron chi connectivity index (χ0n) is 16.4. The van der Waals surface area contributed by atoms with Crippen LogP contribution in [0, 0.1) is 10.1 Å². The third kappa shape index (κ3) is 5.77. The second-order valence-corrected chi connectivity index (χ2v) is 6.81. The van der Waals surface area contributed by atoms with Crippen LogP contribution >= 0.6 is 0 Å². The zero-order valence-corrected chi connectivity index (χ0v) is 16.4. The molecular formula is C21H22N2O7. The number of benzene rings is 2. The molecule has 2 aromatic carbocycles. The predicted octanol–water partition coefficient (Wildman–Crippen LogP) is 3.34. The van der Waals surface area contributed by atoms with E-state index in [-0.39, 0.29) is 17.4 Å². The zero-order chi connectivity index (χ0) is 21.5. The van der Waals surface area contributed by atoms with E-state index in [0.29, 0.717) is 18.0 Å². The highest BCUT2D eigenvalue weighted by Crippen LogP contribution is 2.18. The summed E-state index contributed by atoms with van der Waals surface area (Å²) < 4.78 is 16.3. The van der Waals surface area contributed by atoms with Gasteiger partial charge in [0.1, 0.15) is 12.4 Å². The second kappa shape index (κ2) is 9.84. The molecule has 2 unspecified atom stereocenters. The van der Waals surface area contributed by atoms with Gasteiger partial charge in [0.2, 0.25) is 0 Å². The summed E-state index contributed by atoms with van der Waals surface area (Å²) in [4.78, 5) is 34.6. The van der Waals surface area contributed by atoms with Crippen LogP contribution in [0.4, 0.5) is 11.4 Å². The lowest BCUT2D eigenvalue weighted by molar-refractivity contribution is -0.384. The van der Waals surface area contributed by atoms with E-state index in [2.05, 4.69) is 5.32 Å². The Kier molecular flexibility index (Phi) is 6.97. The SMILES string of the molecule is CC(OC(=O)c1ccc(OCC2CCCO2)cc1)C(=O)Nc1ccc([N+](=O)[O-])cc1. The molecule has 0 bridgehead atoms. The number of nitrogens with one attached hydrogen (secondary N) is 1. The van der Waals surface area contributed by atoms with Crippen LogP contribution in [-0.2, 0) is 14.3 Å². The summed E-state index contributed by atoms with van der Waals surface area (Å²) in [7, 11) is 0. The summed E-state index contributed by atoms with van der Waals surface area (Å²) in [6.07, 6.45) is 1.06. The van der Waals surface area contributed by atoms with Gasteiger partial charge in [-0.05, 0) is 56.2 Å². The molecule has 9 heteroatoms. The molecule has 0 radical (unpaired) electrons. The van der Waals surface area contributed by atoms with Crippen LogP contribution in [-0.4, -0.2) is 42.2 Å². The minimum Gasteiger partial charge on any atom is -0.491 e. The Balaban J connectivity index is 1.48. The van der Waals surface area contributed by atoms with Crippen LogP contribution in [0.3, 0.4) is 0 Å². The summed E-state index contributed by atoms with van der Waals surface area (Å²) in [6.45, 7) is 2.66.